The zero-order chi connectivity index (χ0) is 30.2. The summed E-state index contributed by atoms with van der Waals surface area (Å²) in [7, 11) is 0. The van der Waals surface area contributed by atoms with Crippen LogP contribution in [0.1, 0.15) is 0 Å². The highest BCUT2D eigenvalue weighted by Gasteiger charge is 2.41. The van der Waals surface area contributed by atoms with Crippen LogP contribution in [0.3, 0.4) is 0 Å². The molecule has 0 aliphatic carbocycles. The molecule has 8 aromatic rings. The fourth-order valence-corrected chi connectivity index (χ4v) is 7.43. The standard InChI is InChI=1S/C42H26BNO2/c1-2-12-27(13-3-1)29-24-34-33-17-7-11-21-39(33)46-43-35-25-28(22-23-40(35)45-41(26-29)42(34)43)30-14-4-8-18-36(30)44-37-19-9-5-15-31(37)32-16-6-10-20-38(32)44/h1-26H. The Morgan fingerprint density at radius 1 is 0.435 bits per heavy atom. The van der Waals surface area contributed by atoms with E-state index in [2.05, 4.69) is 156 Å². The maximum absolute atomic E-state index is 6.84. The van der Waals surface area contributed by atoms with Gasteiger partial charge < -0.3 is 14.0 Å². The maximum atomic E-state index is 6.84. The van der Waals surface area contributed by atoms with Gasteiger partial charge in [0.2, 0.25) is 0 Å². The molecule has 10 rings (SSSR count). The first kappa shape index (κ1) is 25.3. The van der Waals surface area contributed by atoms with Crippen LogP contribution in [0.15, 0.2) is 158 Å². The number of benzene rings is 7. The maximum Gasteiger partial charge on any atom is 0.434 e. The molecule has 46 heavy (non-hydrogen) atoms. The molecular weight excluding hydrogens is 561 g/mol. The van der Waals surface area contributed by atoms with Gasteiger partial charge in [0.15, 0.2) is 0 Å². The second-order valence-electron chi connectivity index (χ2n) is 12.0. The molecule has 0 spiro atoms. The fraction of sp³-hybridized carbons (Fsp3) is 0. The molecular formula is C42H26BNO2. The van der Waals surface area contributed by atoms with Crippen LogP contribution < -0.4 is 20.3 Å². The van der Waals surface area contributed by atoms with Crippen molar-refractivity contribution >= 4 is 39.6 Å². The van der Waals surface area contributed by atoms with Gasteiger partial charge in [0, 0.05) is 32.8 Å². The van der Waals surface area contributed by atoms with Crippen LogP contribution >= 0.6 is 0 Å². The summed E-state index contributed by atoms with van der Waals surface area (Å²) in [6, 6.07) is 55.8. The van der Waals surface area contributed by atoms with E-state index in [1.165, 1.54) is 21.8 Å². The molecule has 214 valence electrons. The second-order valence-corrected chi connectivity index (χ2v) is 12.0. The minimum absolute atomic E-state index is 0.283. The lowest BCUT2D eigenvalue weighted by Gasteiger charge is -2.33. The number of aromatic nitrogens is 1. The van der Waals surface area contributed by atoms with Crippen molar-refractivity contribution in [3.05, 3.63) is 158 Å². The molecule has 0 N–H and O–H groups in total. The predicted molar refractivity (Wildman–Crippen MR) is 189 cm³/mol. The Bertz CT molecular complexity index is 2440. The van der Waals surface area contributed by atoms with Gasteiger partial charge in [0.1, 0.15) is 17.2 Å². The van der Waals surface area contributed by atoms with Gasteiger partial charge in [0.05, 0.1) is 16.7 Å². The highest BCUT2D eigenvalue weighted by molar-refractivity contribution is 6.84. The normalized spacial score (nSPS) is 12.7. The van der Waals surface area contributed by atoms with Gasteiger partial charge in [-0.15, -0.1) is 0 Å². The Kier molecular flexibility index (Phi) is 5.37. The van der Waals surface area contributed by atoms with E-state index in [9.17, 15) is 0 Å². The lowest BCUT2D eigenvalue weighted by atomic mass is 9.50. The molecule has 4 heteroatoms. The minimum Gasteiger partial charge on any atom is -0.551 e. The van der Waals surface area contributed by atoms with Crippen LogP contribution in [-0.4, -0.2) is 11.5 Å². The molecule has 3 heterocycles. The van der Waals surface area contributed by atoms with Gasteiger partial charge in [-0.2, -0.15) is 0 Å². The summed E-state index contributed by atoms with van der Waals surface area (Å²) in [5.74, 6) is 2.56. The highest BCUT2D eigenvalue weighted by Crippen LogP contribution is 2.42. The van der Waals surface area contributed by atoms with Crippen molar-refractivity contribution in [2.75, 3.05) is 0 Å². The average molecular weight is 587 g/mol. The minimum atomic E-state index is -0.283. The van der Waals surface area contributed by atoms with Crippen LogP contribution in [0.2, 0.25) is 0 Å². The first-order chi connectivity index (χ1) is 22.8. The van der Waals surface area contributed by atoms with Crippen LogP contribution in [0.25, 0.3) is 60.9 Å². The lowest BCUT2D eigenvalue weighted by Crippen LogP contribution is -2.53. The largest absolute Gasteiger partial charge is 0.551 e. The van der Waals surface area contributed by atoms with Crippen molar-refractivity contribution < 1.29 is 9.39 Å². The van der Waals surface area contributed by atoms with E-state index in [1.54, 1.807) is 0 Å². The van der Waals surface area contributed by atoms with Crippen LogP contribution in [0.4, 0.5) is 0 Å². The molecule has 0 radical (unpaired) electrons. The van der Waals surface area contributed by atoms with E-state index >= 15 is 0 Å². The summed E-state index contributed by atoms with van der Waals surface area (Å²) < 4.78 is 16.0. The van der Waals surface area contributed by atoms with Crippen molar-refractivity contribution in [3.8, 4) is 56.3 Å². The van der Waals surface area contributed by atoms with Crippen LogP contribution in [0, 0.1) is 0 Å². The van der Waals surface area contributed by atoms with Gasteiger partial charge in [-0.3, -0.25) is 0 Å². The number of hydrogen-bond acceptors (Lipinski definition) is 2. The summed E-state index contributed by atoms with van der Waals surface area (Å²) in [5, 5.41) is 2.50. The van der Waals surface area contributed by atoms with Crippen molar-refractivity contribution in [1.29, 1.82) is 0 Å². The van der Waals surface area contributed by atoms with Gasteiger partial charge in [-0.05, 0) is 64.7 Å². The molecule has 3 nitrogen and oxygen atoms in total. The van der Waals surface area contributed by atoms with Crippen molar-refractivity contribution in [1.82, 2.24) is 4.57 Å². The van der Waals surface area contributed by atoms with Crippen molar-refractivity contribution in [2.24, 2.45) is 0 Å². The van der Waals surface area contributed by atoms with Gasteiger partial charge >= 0.3 is 6.92 Å². The third-order valence-corrected chi connectivity index (χ3v) is 9.48. The van der Waals surface area contributed by atoms with Crippen LogP contribution in [0.5, 0.6) is 17.2 Å². The fourth-order valence-electron chi connectivity index (χ4n) is 7.43. The van der Waals surface area contributed by atoms with E-state index in [4.69, 9.17) is 9.39 Å². The lowest BCUT2D eigenvalue weighted by molar-refractivity contribution is 0.479. The SMILES string of the molecule is c1ccc(-c2cc3c4c(c2)-c2ccccc2OB4c2cc(-c4ccccc4-n4c5ccccc5c5ccccc54)ccc2O3)cc1. The predicted octanol–water partition coefficient (Wildman–Crippen LogP) is 9.39. The molecule has 0 unspecified atom stereocenters. The molecule has 0 bridgehead atoms. The Morgan fingerprint density at radius 3 is 1.91 bits per heavy atom. The van der Waals surface area contributed by atoms with E-state index in [0.717, 1.165) is 67.2 Å². The topological polar surface area (TPSA) is 23.4 Å². The summed E-state index contributed by atoms with van der Waals surface area (Å²) in [5.41, 5.74) is 12.4. The average Bonchev–Trinajstić information content (AvgIpc) is 3.46. The molecule has 2 aliphatic heterocycles. The monoisotopic (exact) mass is 587 g/mol. The molecule has 2 aliphatic rings. The molecule has 1 aromatic heterocycles. The molecule has 0 atom stereocenters. The molecule has 0 amide bonds. The van der Waals surface area contributed by atoms with Gasteiger partial charge in [-0.25, -0.2) is 0 Å². The zero-order valence-corrected chi connectivity index (χ0v) is 24.9. The molecule has 0 saturated heterocycles. The Balaban J connectivity index is 1.16. The summed E-state index contributed by atoms with van der Waals surface area (Å²) >= 11 is 0. The second kappa shape index (κ2) is 9.75. The van der Waals surface area contributed by atoms with Crippen molar-refractivity contribution in [3.63, 3.8) is 0 Å². The van der Waals surface area contributed by atoms with E-state index < -0.39 is 0 Å². The quantitative estimate of drug-likeness (QED) is 0.192. The summed E-state index contributed by atoms with van der Waals surface area (Å²) in [4.78, 5) is 0. The first-order valence-electron chi connectivity index (χ1n) is 15.7. The van der Waals surface area contributed by atoms with E-state index in [-0.39, 0.29) is 6.92 Å². The molecule has 0 fully saturated rings. The number of fused-ring (bicyclic) bond motifs is 7. The van der Waals surface area contributed by atoms with E-state index in [1.807, 2.05) is 6.07 Å². The zero-order valence-electron chi connectivity index (χ0n) is 24.9. The van der Waals surface area contributed by atoms with Gasteiger partial charge in [-0.1, -0.05) is 115 Å². The smallest absolute Gasteiger partial charge is 0.434 e. The van der Waals surface area contributed by atoms with Gasteiger partial charge in [0.25, 0.3) is 0 Å². The summed E-state index contributed by atoms with van der Waals surface area (Å²) in [6.07, 6.45) is 0. The van der Waals surface area contributed by atoms with Crippen molar-refractivity contribution in [2.45, 2.75) is 0 Å². The number of para-hydroxylation sites is 4. The van der Waals surface area contributed by atoms with Crippen LogP contribution in [-0.2, 0) is 0 Å². The number of nitrogens with zero attached hydrogens (tertiary/aromatic N) is 1. The van der Waals surface area contributed by atoms with E-state index in [0.29, 0.717) is 0 Å². The Morgan fingerprint density at radius 2 is 1.11 bits per heavy atom. The Hall–Kier alpha value is -6.00. The first-order valence-corrected chi connectivity index (χ1v) is 15.7. The molecule has 7 aromatic carbocycles. The third-order valence-electron chi connectivity index (χ3n) is 9.48. The summed E-state index contributed by atoms with van der Waals surface area (Å²) in [6.45, 7) is -0.283. The Labute approximate surface area is 267 Å². The number of ether oxygens (including phenoxy) is 1. The number of hydrogen-bond donors (Lipinski definition) is 0. The molecule has 0 saturated carbocycles. The number of rotatable bonds is 3. The highest BCUT2D eigenvalue weighted by atomic mass is 16.5. The third kappa shape index (κ3) is 3.67.